The topological polar surface area (TPSA) is 20.2 Å². The van der Waals surface area contributed by atoms with E-state index in [2.05, 4.69) is 19.6 Å². The third kappa shape index (κ3) is 4.32. The first-order valence-corrected chi connectivity index (χ1v) is 12.4. The second-order valence-electron chi connectivity index (χ2n) is 10.9. The van der Waals surface area contributed by atoms with Crippen molar-refractivity contribution in [3.8, 4) is 0 Å². The second kappa shape index (κ2) is 8.36. The quantitative estimate of drug-likeness (QED) is 0.516. The maximum atomic E-state index is 11.0. The Morgan fingerprint density at radius 3 is 1.88 bits per heavy atom. The van der Waals surface area contributed by atoms with E-state index >= 15 is 0 Å². The van der Waals surface area contributed by atoms with Crippen molar-refractivity contribution in [1.29, 1.82) is 0 Å². The van der Waals surface area contributed by atoms with Gasteiger partial charge < -0.3 is 5.11 Å². The van der Waals surface area contributed by atoms with Gasteiger partial charge in [0.2, 0.25) is 0 Å². The molecule has 0 saturated heterocycles. The lowest BCUT2D eigenvalue weighted by atomic mass is 9.58. The van der Waals surface area contributed by atoms with Gasteiger partial charge in [-0.1, -0.05) is 19.8 Å². The summed E-state index contributed by atoms with van der Waals surface area (Å²) in [5, 5.41) is 11.6. The Balaban J connectivity index is 1.26. The van der Waals surface area contributed by atoms with Gasteiger partial charge in [-0.3, -0.25) is 0 Å². The molecule has 4 rings (SSSR count). The Hall–Kier alpha value is 0.310. The molecule has 3 atom stereocenters. The normalized spacial score (nSPS) is 50.7. The molecule has 0 bridgehead atoms. The first-order valence-electron chi connectivity index (χ1n) is 11.9. The lowest BCUT2D eigenvalue weighted by molar-refractivity contribution is -0.0273. The molecule has 4 fully saturated rings. The minimum atomic E-state index is -0.00657. The van der Waals surface area contributed by atoms with E-state index in [9.17, 15) is 5.11 Å². The van der Waals surface area contributed by atoms with Gasteiger partial charge in [-0.05, 0) is 118 Å². The van der Waals surface area contributed by atoms with E-state index < -0.39 is 0 Å². The summed E-state index contributed by atoms with van der Waals surface area (Å²) >= 11 is 4.66. The molecule has 26 heavy (non-hydrogen) atoms. The third-order valence-electron chi connectivity index (χ3n) is 9.35. The van der Waals surface area contributed by atoms with Crippen LogP contribution in [-0.2, 0) is 0 Å². The zero-order chi connectivity index (χ0) is 18.1. The molecular formula is C24H42OS. The van der Waals surface area contributed by atoms with E-state index in [1.807, 2.05) is 0 Å². The van der Waals surface area contributed by atoms with Gasteiger partial charge in [-0.25, -0.2) is 0 Å². The Bertz CT molecular complexity index is 437. The maximum absolute atomic E-state index is 11.0. The minimum absolute atomic E-state index is 0.00657. The first kappa shape index (κ1) is 19.6. The predicted molar refractivity (Wildman–Crippen MR) is 114 cm³/mol. The van der Waals surface area contributed by atoms with Crippen LogP contribution in [0.1, 0.15) is 103 Å². The molecule has 0 aromatic heterocycles. The van der Waals surface area contributed by atoms with Crippen molar-refractivity contribution in [3.63, 3.8) is 0 Å². The predicted octanol–water partition coefficient (Wildman–Crippen LogP) is 6.64. The largest absolute Gasteiger partial charge is 0.393 e. The van der Waals surface area contributed by atoms with E-state index in [-0.39, 0.29) is 6.10 Å². The van der Waals surface area contributed by atoms with Crippen molar-refractivity contribution < 1.29 is 5.11 Å². The van der Waals surface area contributed by atoms with Crippen molar-refractivity contribution in [2.24, 2.45) is 35.0 Å². The molecule has 1 spiro atoms. The van der Waals surface area contributed by atoms with Gasteiger partial charge in [0.15, 0.2) is 0 Å². The SMILES string of the molecule is CC1CCC2(CC1)CCC(C1CCC(C3CCC(S)CC3)CC1O)CC2. The van der Waals surface area contributed by atoms with Crippen LogP contribution in [0.5, 0.6) is 0 Å². The highest BCUT2D eigenvalue weighted by molar-refractivity contribution is 7.80. The van der Waals surface area contributed by atoms with Gasteiger partial charge >= 0.3 is 0 Å². The van der Waals surface area contributed by atoms with Crippen LogP contribution >= 0.6 is 12.6 Å². The summed E-state index contributed by atoms with van der Waals surface area (Å²) in [5.74, 6) is 4.09. The number of hydrogen-bond acceptors (Lipinski definition) is 2. The van der Waals surface area contributed by atoms with E-state index in [0.717, 1.165) is 30.1 Å². The smallest absolute Gasteiger partial charge is 0.0573 e. The molecule has 150 valence electrons. The maximum Gasteiger partial charge on any atom is 0.0573 e. The monoisotopic (exact) mass is 378 g/mol. The molecule has 1 N–H and O–H groups in total. The molecule has 0 aromatic carbocycles. The second-order valence-corrected chi connectivity index (χ2v) is 11.6. The molecule has 0 aromatic rings. The summed E-state index contributed by atoms with van der Waals surface area (Å²) in [7, 11) is 0. The number of aliphatic hydroxyl groups excluding tert-OH is 1. The summed E-state index contributed by atoms with van der Waals surface area (Å²) < 4.78 is 0. The number of thiol groups is 1. The van der Waals surface area contributed by atoms with Gasteiger partial charge in [0.05, 0.1) is 6.10 Å². The molecule has 0 amide bonds. The summed E-state index contributed by atoms with van der Waals surface area (Å²) in [6.45, 7) is 2.44. The van der Waals surface area contributed by atoms with Crippen LogP contribution in [0.3, 0.4) is 0 Å². The fourth-order valence-corrected chi connectivity index (χ4v) is 7.61. The highest BCUT2D eigenvalue weighted by Crippen LogP contribution is 2.53. The summed E-state index contributed by atoms with van der Waals surface area (Å²) in [4.78, 5) is 0. The number of rotatable bonds is 2. The van der Waals surface area contributed by atoms with Crippen molar-refractivity contribution in [2.75, 3.05) is 0 Å². The lowest BCUT2D eigenvalue weighted by Crippen LogP contribution is -2.40. The van der Waals surface area contributed by atoms with Crippen molar-refractivity contribution in [3.05, 3.63) is 0 Å². The van der Waals surface area contributed by atoms with Crippen LogP contribution in [0.15, 0.2) is 0 Å². The average Bonchev–Trinajstić information content (AvgIpc) is 2.66. The van der Waals surface area contributed by atoms with Crippen molar-refractivity contribution in [2.45, 2.75) is 115 Å². The molecule has 3 unspecified atom stereocenters. The standard InChI is InChI=1S/C24H42OS/c1-17-8-12-24(13-9-17)14-10-19(11-15-24)22-7-4-20(16-23(22)25)18-2-5-21(26)6-3-18/h17-23,25-26H,2-16H2,1H3. The lowest BCUT2D eigenvalue weighted by Gasteiger charge is -2.48. The molecule has 4 aliphatic rings. The summed E-state index contributed by atoms with van der Waals surface area (Å²) in [6, 6.07) is 0. The molecule has 4 saturated carbocycles. The van der Waals surface area contributed by atoms with E-state index in [1.165, 1.54) is 89.9 Å². The van der Waals surface area contributed by atoms with Crippen LogP contribution in [0.2, 0.25) is 0 Å². The number of hydrogen-bond donors (Lipinski definition) is 2. The third-order valence-corrected chi connectivity index (χ3v) is 9.87. The first-order chi connectivity index (χ1) is 12.5. The van der Waals surface area contributed by atoms with Crippen LogP contribution < -0.4 is 0 Å². The van der Waals surface area contributed by atoms with Crippen LogP contribution in [-0.4, -0.2) is 16.5 Å². The molecule has 1 nitrogen and oxygen atoms in total. The van der Waals surface area contributed by atoms with E-state index in [0.29, 0.717) is 16.6 Å². The van der Waals surface area contributed by atoms with Gasteiger partial charge in [0.25, 0.3) is 0 Å². The fraction of sp³-hybridized carbons (Fsp3) is 1.00. The molecule has 4 aliphatic carbocycles. The van der Waals surface area contributed by atoms with Gasteiger partial charge in [-0.2, -0.15) is 12.6 Å². The van der Waals surface area contributed by atoms with E-state index in [4.69, 9.17) is 0 Å². The highest BCUT2D eigenvalue weighted by atomic mass is 32.1. The van der Waals surface area contributed by atoms with Gasteiger partial charge in [0, 0.05) is 5.25 Å². The summed E-state index contributed by atoms with van der Waals surface area (Å²) in [5.41, 5.74) is 0.705. The van der Waals surface area contributed by atoms with Crippen LogP contribution in [0, 0.1) is 35.0 Å². The van der Waals surface area contributed by atoms with Crippen LogP contribution in [0.25, 0.3) is 0 Å². The van der Waals surface area contributed by atoms with Crippen LogP contribution in [0.4, 0.5) is 0 Å². The van der Waals surface area contributed by atoms with Crippen molar-refractivity contribution in [1.82, 2.24) is 0 Å². The highest BCUT2D eigenvalue weighted by Gasteiger charge is 2.43. The molecule has 0 radical (unpaired) electrons. The molecule has 2 heteroatoms. The zero-order valence-electron chi connectivity index (χ0n) is 17.0. The Labute approximate surface area is 167 Å². The Morgan fingerprint density at radius 2 is 1.27 bits per heavy atom. The van der Waals surface area contributed by atoms with E-state index in [1.54, 1.807) is 0 Å². The molecular weight excluding hydrogens is 336 g/mol. The van der Waals surface area contributed by atoms with Gasteiger partial charge in [0.1, 0.15) is 0 Å². The minimum Gasteiger partial charge on any atom is -0.393 e. The Morgan fingerprint density at radius 1 is 0.692 bits per heavy atom. The molecule has 0 aliphatic heterocycles. The summed E-state index contributed by atoms with van der Waals surface area (Å²) in [6.07, 6.45) is 20.8. The average molecular weight is 379 g/mol. The number of aliphatic hydroxyl groups is 1. The zero-order valence-corrected chi connectivity index (χ0v) is 17.9. The fourth-order valence-electron chi connectivity index (χ4n) is 7.31. The molecule has 0 heterocycles. The Kier molecular flexibility index (Phi) is 6.30. The van der Waals surface area contributed by atoms with Gasteiger partial charge in [-0.15, -0.1) is 0 Å². The van der Waals surface area contributed by atoms with Crippen molar-refractivity contribution >= 4 is 12.6 Å².